The molecule has 9 aromatic carbocycles. The Labute approximate surface area is 359 Å². The highest BCUT2D eigenvalue weighted by molar-refractivity contribution is 5.99. The van der Waals surface area contributed by atoms with Gasteiger partial charge in [0.2, 0.25) is 0 Å². The van der Waals surface area contributed by atoms with Gasteiger partial charge < -0.3 is 9.80 Å². The first-order chi connectivity index (χ1) is 29.9. The fourth-order valence-corrected chi connectivity index (χ4v) is 10.0. The Morgan fingerprint density at radius 2 is 0.508 bits per heavy atom. The maximum atomic E-state index is 2.50. The largest absolute Gasteiger partial charge is 0.310 e. The Bertz CT molecular complexity index is 2800. The normalized spacial score (nSPS) is 12.7. The molecule has 9 aromatic rings. The number of anilines is 6. The summed E-state index contributed by atoms with van der Waals surface area (Å²) in [6.45, 7) is 8.62. The Balaban J connectivity index is 1.24. The molecule has 0 heterocycles. The lowest BCUT2D eigenvalue weighted by Gasteiger charge is -2.37. The van der Waals surface area contributed by atoms with Crippen LogP contribution in [0.2, 0.25) is 0 Å². The summed E-state index contributed by atoms with van der Waals surface area (Å²) in [4.78, 5) is 4.84. The second-order valence-electron chi connectivity index (χ2n) is 16.9. The van der Waals surface area contributed by atoms with Gasteiger partial charge in [-0.3, -0.25) is 0 Å². The van der Waals surface area contributed by atoms with E-state index in [1.54, 1.807) is 0 Å². The second kappa shape index (κ2) is 14.4. The molecule has 0 saturated carbocycles. The molecule has 0 N–H and O–H groups in total. The highest BCUT2D eigenvalue weighted by Gasteiger charge is 2.50. The van der Waals surface area contributed by atoms with Crippen molar-refractivity contribution in [2.75, 3.05) is 9.80 Å². The molecule has 2 heteroatoms. The molecule has 0 saturated heterocycles. The molecule has 0 unspecified atom stereocenters. The van der Waals surface area contributed by atoms with Gasteiger partial charge in [-0.15, -0.1) is 0 Å². The standard InChI is InChI=1S/C59H46N2/c1-39-17-25-43(26-18-39)60(44-27-19-40(2)20-28-44)47-33-35-53-54-36-34-48(61(45-29-21-41(3)22-30-45)46-31-23-42(4)24-32-46)38-58(54)59(57(53)37-47)55-15-9-7-13-51(55)49-11-5-6-12-50(49)52-14-8-10-16-56(52)59/h5-38H,1-4H3. The summed E-state index contributed by atoms with van der Waals surface area (Å²) in [6.07, 6.45) is 0. The van der Waals surface area contributed by atoms with Crippen LogP contribution in [0.25, 0.3) is 33.4 Å². The summed E-state index contributed by atoms with van der Waals surface area (Å²) in [7, 11) is 0. The van der Waals surface area contributed by atoms with Gasteiger partial charge in [0.1, 0.15) is 0 Å². The van der Waals surface area contributed by atoms with Gasteiger partial charge in [0.05, 0.1) is 5.41 Å². The van der Waals surface area contributed by atoms with Crippen molar-refractivity contribution in [2.24, 2.45) is 0 Å². The zero-order valence-corrected chi connectivity index (χ0v) is 35.0. The van der Waals surface area contributed by atoms with Crippen LogP contribution in [0.3, 0.4) is 0 Å². The Morgan fingerprint density at radius 3 is 0.836 bits per heavy atom. The van der Waals surface area contributed by atoms with E-state index >= 15 is 0 Å². The minimum absolute atomic E-state index is 0.665. The van der Waals surface area contributed by atoms with Gasteiger partial charge in [-0.2, -0.15) is 0 Å². The number of benzene rings is 9. The molecule has 0 radical (unpaired) electrons. The molecule has 2 aliphatic rings. The van der Waals surface area contributed by atoms with E-state index in [9.17, 15) is 0 Å². The predicted molar refractivity (Wildman–Crippen MR) is 256 cm³/mol. The quantitative estimate of drug-likeness (QED) is 0.166. The Hall–Kier alpha value is -7.42. The third-order valence-electron chi connectivity index (χ3n) is 13.0. The number of aryl methyl sites for hydroxylation is 4. The predicted octanol–water partition coefficient (Wildman–Crippen LogP) is 15.9. The van der Waals surface area contributed by atoms with Gasteiger partial charge in [-0.05, 0) is 156 Å². The van der Waals surface area contributed by atoms with Crippen LogP contribution >= 0.6 is 0 Å². The van der Waals surface area contributed by atoms with Gasteiger partial charge in [0.25, 0.3) is 0 Å². The van der Waals surface area contributed by atoms with Crippen LogP contribution in [0.15, 0.2) is 206 Å². The number of fused-ring (bicyclic) bond motifs is 12. The molecule has 0 atom stereocenters. The third-order valence-corrected chi connectivity index (χ3v) is 13.0. The molecule has 2 nitrogen and oxygen atoms in total. The number of hydrogen-bond donors (Lipinski definition) is 0. The van der Waals surface area contributed by atoms with Crippen LogP contribution in [0.5, 0.6) is 0 Å². The first-order valence-corrected chi connectivity index (χ1v) is 21.3. The topological polar surface area (TPSA) is 6.48 Å². The van der Waals surface area contributed by atoms with Crippen LogP contribution in [-0.2, 0) is 5.41 Å². The molecule has 0 amide bonds. The van der Waals surface area contributed by atoms with Gasteiger partial charge in [-0.1, -0.05) is 156 Å². The van der Waals surface area contributed by atoms with Crippen molar-refractivity contribution in [3.05, 3.63) is 251 Å². The summed E-state index contributed by atoms with van der Waals surface area (Å²) < 4.78 is 0. The maximum absolute atomic E-state index is 2.50. The zero-order chi connectivity index (χ0) is 41.2. The molecule has 292 valence electrons. The summed E-state index contributed by atoms with van der Waals surface area (Å²) in [5, 5.41) is 0. The molecule has 61 heavy (non-hydrogen) atoms. The zero-order valence-electron chi connectivity index (χ0n) is 35.0. The number of rotatable bonds is 6. The van der Waals surface area contributed by atoms with E-state index in [2.05, 4.69) is 244 Å². The van der Waals surface area contributed by atoms with Crippen molar-refractivity contribution in [3.8, 4) is 33.4 Å². The lowest BCUT2D eigenvalue weighted by atomic mass is 9.65. The monoisotopic (exact) mass is 782 g/mol. The molecule has 11 rings (SSSR count). The number of nitrogens with zero attached hydrogens (tertiary/aromatic N) is 2. The maximum Gasteiger partial charge on any atom is 0.0727 e. The molecule has 0 fully saturated rings. The second-order valence-corrected chi connectivity index (χ2v) is 16.9. The Kier molecular flexibility index (Phi) is 8.65. The van der Waals surface area contributed by atoms with Crippen LogP contribution in [0.4, 0.5) is 34.1 Å². The van der Waals surface area contributed by atoms with Crippen molar-refractivity contribution in [1.29, 1.82) is 0 Å². The minimum atomic E-state index is -0.665. The Morgan fingerprint density at radius 1 is 0.246 bits per heavy atom. The van der Waals surface area contributed by atoms with E-state index < -0.39 is 5.41 Å². The van der Waals surface area contributed by atoms with Gasteiger partial charge in [0, 0.05) is 34.1 Å². The van der Waals surface area contributed by atoms with Crippen LogP contribution in [0.1, 0.15) is 44.5 Å². The van der Waals surface area contributed by atoms with Crippen molar-refractivity contribution in [1.82, 2.24) is 0 Å². The smallest absolute Gasteiger partial charge is 0.0727 e. The van der Waals surface area contributed by atoms with E-state index in [-0.39, 0.29) is 0 Å². The van der Waals surface area contributed by atoms with E-state index in [1.165, 1.54) is 77.9 Å². The van der Waals surface area contributed by atoms with Gasteiger partial charge in [-0.25, -0.2) is 0 Å². The summed E-state index contributed by atoms with van der Waals surface area (Å²) in [6, 6.07) is 77.4. The third kappa shape index (κ3) is 5.85. The summed E-state index contributed by atoms with van der Waals surface area (Å²) >= 11 is 0. The van der Waals surface area contributed by atoms with Crippen LogP contribution in [-0.4, -0.2) is 0 Å². The van der Waals surface area contributed by atoms with Crippen molar-refractivity contribution < 1.29 is 0 Å². The average molecular weight is 783 g/mol. The van der Waals surface area contributed by atoms with Crippen molar-refractivity contribution >= 4 is 34.1 Å². The molecule has 0 bridgehead atoms. The fraction of sp³-hybridized carbons (Fsp3) is 0.0847. The van der Waals surface area contributed by atoms with Crippen molar-refractivity contribution in [3.63, 3.8) is 0 Å². The lowest BCUT2D eigenvalue weighted by Crippen LogP contribution is -2.30. The van der Waals surface area contributed by atoms with E-state index in [0.29, 0.717) is 0 Å². The van der Waals surface area contributed by atoms with Crippen molar-refractivity contribution in [2.45, 2.75) is 33.1 Å². The molecule has 0 aliphatic heterocycles. The van der Waals surface area contributed by atoms with Crippen LogP contribution < -0.4 is 9.80 Å². The van der Waals surface area contributed by atoms with E-state index in [1.807, 2.05) is 0 Å². The summed E-state index contributed by atoms with van der Waals surface area (Å²) in [5.41, 5.74) is 23.7. The van der Waals surface area contributed by atoms with Gasteiger partial charge >= 0.3 is 0 Å². The van der Waals surface area contributed by atoms with E-state index in [4.69, 9.17) is 0 Å². The summed E-state index contributed by atoms with van der Waals surface area (Å²) in [5.74, 6) is 0. The lowest BCUT2D eigenvalue weighted by molar-refractivity contribution is 0.775. The van der Waals surface area contributed by atoms with Crippen LogP contribution in [0, 0.1) is 27.7 Å². The fourth-order valence-electron chi connectivity index (χ4n) is 10.0. The molecular weight excluding hydrogens is 737 g/mol. The molecule has 2 aliphatic carbocycles. The van der Waals surface area contributed by atoms with Gasteiger partial charge in [0.15, 0.2) is 0 Å². The average Bonchev–Trinajstić information content (AvgIpc) is 3.52. The first-order valence-electron chi connectivity index (χ1n) is 21.3. The minimum Gasteiger partial charge on any atom is -0.310 e. The van der Waals surface area contributed by atoms with E-state index in [0.717, 1.165) is 34.1 Å². The number of hydrogen-bond acceptors (Lipinski definition) is 2. The highest BCUT2D eigenvalue weighted by atomic mass is 15.1. The SMILES string of the molecule is Cc1ccc(N(c2ccc(C)cc2)c2ccc3c(c2)C2(c4ccccc4-c4ccccc4-c4ccccc42)c2cc(N(c4ccc(C)cc4)c4ccc(C)cc4)ccc2-3)cc1. The molecular formula is C59H46N2. The molecule has 0 aromatic heterocycles. The first kappa shape index (κ1) is 36.6. The molecule has 1 spiro atoms. The highest BCUT2D eigenvalue weighted by Crippen LogP contribution is 2.63.